The summed E-state index contributed by atoms with van der Waals surface area (Å²) in [6.07, 6.45) is -1.75. The zero-order valence-electron chi connectivity index (χ0n) is 23.8. The molecule has 0 aromatic carbocycles. The zero-order valence-corrected chi connectivity index (χ0v) is 24.6. The maximum atomic E-state index is 14.1. The van der Waals surface area contributed by atoms with E-state index in [1.54, 1.807) is 13.0 Å². The fourth-order valence-electron chi connectivity index (χ4n) is 4.66. The predicted octanol–water partition coefficient (Wildman–Crippen LogP) is 2.71. The van der Waals surface area contributed by atoms with Crippen LogP contribution in [0.25, 0.3) is 11.1 Å². The number of urea groups is 1. The first kappa shape index (κ1) is 31.5. The molecule has 1 saturated heterocycles. The van der Waals surface area contributed by atoms with Crippen LogP contribution in [-0.2, 0) is 17.5 Å². The van der Waals surface area contributed by atoms with Gasteiger partial charge in [0.1, 0.15) is 10.8 Å². The third-order valence-corrected chi connectivity index (χ3v) is 8.06. The Morgan fingerprint density at radius 1 is 1.14 bits per heavy atom. The van der Waals surface area contributed by atoms with Crippen molar-refractivity contribution < 1.29 is 27.5 Å². The lowest BCUT2D eigenvalue weighted by molar-refractivity contribution is -0.141. The number of amidine groups is 1. The number of ether oxygens (including phenoxy) is 1. The minimum Gasteiger partial charge on any atom is -0.465 e. The number of hydrogen-bond acceptors (Lipinski definition) is 10. The quantitative estimate of drug-likeness (QED) is 0.293. The number of halogens is 3. The number of thiazole rings is 1. The number of esters is 1. The topological polar surface area (TPSA) is 124 Å². The molecule has 42 heavy (non-hydrogen) atoms. The monoisotopic (exact) mass is 608 g/mol. The fraction of sp³-hybridized carbons (Fsp3) is 0.519. The first-order valence-corrected chi connectivity index (χ1v) is 14.4. The minimum atomic E-state index is -4.65. The van der Waals surface area contributed by atoms with Crippen molar-refractivity contribution in [2.45, 2.75) is 26.1 Å². The number of dihydropyridines is 1. The van der Waals surface area contributed by atoms with Crippen LogP contribution in [-0.4, -0.2) is 104 Å². The Morgan fingerprint density at radius 2 is 1.90 bits per heavy atom. The number of carbonyl (C=O) groups excluding carboxylic acids is 2. The fourth-order valence-corrected chi connectivity index (χ4v) is 5.78. The van der Waals surface area contributed by atoms with Crippen LogP contribution in [0, 0.1) is 0 Å². The second kappa shape index (κ2) is 14.2. The maximum Gasteiger partial charge on any atom is 0.434 e. The summed E-state index contributed by atoms with van der Waals surface area (Å²) in [6, 6.07) is 1.10. The van der Waals surface area contributed by atoms with Gasteiger partial charge in [0.25, 0.3) is 0 Å². The minimum absolute atomic E-state index is 0.0142. The van der Waals surface area contributed by atoms with Crippen molar-refractivity contribution in [3.8, 4) is 0 Å². The molecule has 0 bridgehead atoms. The van der Waals surface area contributed by atoms with E-state index in [0.29, 0.717) is 35.6 Å². The van der Waals surface area contributed by atoms with Crippen molar-refractivity contribution in [2.75, 3.05) is 66.5 Å². The molecule has 0 unspecified atom stereocenters. The van der Waals surface area contributed by atoms with E-state index in [-0.39, 0.29) is 35.0 Å². The highest BCUT2D eigenvalue weighted by Crippen LogP contribution is 2.40. The largest absolute Gasteiger partial charge is 0.465 e. The number of rotatable bonds is 9. The smallest absolute Gasteiger partial charge is 0.434 e. The molecule has 11 nitrogen and oxygen atoms in total. The Balaban J connectivity index is 1.62. The summed E-state index contributed by atoms with van der Waals surface area (Å²) in [5, 5.41) is 8.61. The van der Waals surface area contributed by atoms with Crippen molar-refractivity contribution in [1.29, 1.82) is 0 Å². The molecule has 0 radical (unpaired) electrons. The number of aromatic nitrogens is 2. The number of carbonyl (C=O) groups is 2. The van der Waals surface area contributed by atoms with Gasteiger partial charge in [-0.15, -0.1) is 11.3 Å². The lowest BCUT2D eigenvalue weighted by Crippen LogP contribution is -2.46. The van der Waals surface area contributed by atoms with E-state index in [1.165, 1.54) is 19.5 Å². The summed E-state index contributed by atoms with van der Waals surface area (Å²) in [6.45, 7) is 7.28. The van der Waals surface area contributed by atoms with E-state index in [9.17, 15) is 22.8 Å². The third kappa shape index (κ3) is 8.12. The van der Waals surface area contributed by atoms with Crippen molar-refractivity contribution >= 4 is 40.3 Å². The van der Waals surface area contributed by atoms with Crippen LogP contribution >= 0.6 is 11.3 Å². The number of alkyl halides is 3. The molecule has 228 valence electrons. The van der Waals surface area contributed by atoms with Crippen molar-refractivity contribution in [3.63, 3.8) is 0 Å². The molecule has 2 aromatic heterocycles. The Bertz CT molecular complexity index is 1340. The maximum absolute atomic E-state index is 14.1. The predicted molar refractivity (Wildman–Crippen MR) is 154 cm³/mol. The number of likely N-dealkylation sites (N-methyl/N-ethyl adjacent to an activating group) is 1. The summed E-state index contributed by atoms with van der Waals surface area (Å²) in [4.78, 5) is 41.5. The van der Waals surface area contributed by atoms with Crippen molar-refractivity contribution in [3.05, 3.63) is 45.2 Å². The first-order valence-electron chi connectivity index (χ1n) is 13.6. The van der Waals surface area contributed by atoms with E-state index >= 15 is 0 Å². The molecule has 2 aromatic rings. The van der Waals surface area contributed by atoms with Gasteiger partial charge >= 0.3 is 18.2 Å². The van der Waals surface area contributed by atoms with E-state index in [0.717, 1.165) is 44.1 Å². The Morgan fingerprint density at radius 3 is 2.60 bits per heavy atom. The lowest BCUT2D eigenvalue weighted by atomic mass is 9.95. The summed E-state index contributed by atoms with van der Waals surface area (Å²) in [7, 11) is 3.32. The second-order valence-corrected chi connectivity index (χ2v) is 11.0. The number of nitrogens with zero attached hydrogens (tertiary/aromatic N) is 5. The van der Waals surface area contributed by atoms with E-state index in [1.807, 2.05) is 0 Å². The lowest BCUT2D eigenvalue weighted by Gasteiger charge is -2.32. The number of amides is 2. The van der Waals surface area contributed by atoms with Crippen LogP contribution in [0.4, 0.5) is 18.0 Å². The average Bonchev–Trinajstić information content (AvgIpc) is 3.41. The van der Waals surface area contributed by atoms with Crippen LogP contribution in [0.5, 0.6) is 0 Å². The number of hydrogen-bond donors (Lipinski definition) is 3. The molecule has 0 saturated carbocycles. The van der Waals surface area contributed by atoms with Crippen molar-refractivity contribution in [1.82, 2.24) is 35.7 Å². The molecule has 0 aliphatic carbocycles. The van der Waals surface area contributed by atoms with Crippen LogP contribution in [0.15, 0.2) is 23.5 Å². The van der Waals surface area contributed by atoms with Gasteiger partial charge in [0.05, 0.1) is 24.1 Å². The molecule has 15 heteroatoms. The van der Waals surface area contributed by atoms with E-state index < -0.39 is 23.9 Å². The van der Waals surface area contributed by atoms with E-state index in [4.69, 9.17) is 4.74 Å². The normalized spacial score (nSPS) is 16.8. The average molecular weight is 609 g/mol. The van der Waals surface area contributed by atoms with Crippen LogP contribution in [0.2, 0.25) is 0 Å². The van der Waals surface area contributed by atoms with E-state index in [2.05, 4.69) is 47.8 Å². The molecule has 2 aliphatic heterocycles. The van der Waals surface area contributed by atoms with Gasteiger partial charge in [0.15, 0.2) is 5.69 Å². The highest BCUT2D eigenvalue weighted by Gasteiger charge is 2.38. The SMILES string of the molecule is CCNC(=O)NC1=NCC(c2cncc(C(=O)OC)c2)=C(c2nc(C(F)(F)F)c(CNCCN3CCN(C)CC3)s2)C1. The molecule has 1 fully saturated rings. The number of methoxy groups -OCH3 is 1. The van der Waals surface area contributed by atoms with Crippen LogP contribution in [0.1, 0.15) is 44.8 Å². The highest BCUT2D eigenvalue weighted by molar-refractivity contribution is 7.13. The van der Waals surface area contributed by atoms with Gasteiger partial charge in [-0.1, -0.05) is 0 Å². The van der Waals surface area contributed by atoms with Gasteiger partial charge in [-0.25, -0.2) is 14.6 Å². The number of pyridine rings is 1. The van der Waals surface area contributed by atoms with Gasteiger partial charge in [-0.05, 0) is 31.2 Å². The number of piperazine rings is 1. The summed E-state index contributed by atoms with van der Waals surface area (Å²) < 4.78 is 47.2. The first-order chi connectivity index (χ1) is 20.1. The van der Waals surface area contributed by atoms with Gasteiger partial charge in [0.2, 0.25) is 0 Å². The molecular weight excluding hydrogens is 573 g/mol. The molecular formula is C27H35F3N8O3S. The molecule has 0 atom stereocenters. The van der Waals surface area contributed by atoms with Gasteiger partial charge < -0.3 is 20.3 Å². The molecule has 4 heterocycles. The van der Waals surface area contributed by atoms with Crippen LogP contribution < -0.4 is 16.0 Å². The Kier molecular flexibility index (Phi) is 10.6. The Labute approximate surface area is 246 Å². The molecule has 4 rings (SSSR count). The standard InChI is InChI=1S/C27H35F3N8O3S/c1-4-33-26(40)35-22-12-19(20(15-34-22)17-11-18(14-32-13-17)25(39)41-3)24-36-23(27(28,29)30)21(42-24)16-31-5-6-38-9-7-37(2)8-10-38/h11,13-14,31H,4-10,12,15-16H2,1-3H3,(H2,33,34,35,40). The van der Waals surface area contributed by atoms with Crippen LogP contribution in [0.3, 0.4) is 0 Å². The molecule has 3 N–H and O–H groups in total. The number of aliphatic imine (C=N–C) groups is 1. The van der Waals surface area contributed by atoms with Gasteiger partial charge in [-0.3, -0.25) is 20.2 Å². The highest BCUT2D eigenvalue weighted by atomic mass is 32.1. The summed E-state index contributed by atoms with van der Waals surface area (Å²) >= 11 is 0.957. The van der Waals surface area contributed by atoms with Crippen molar-refractivity contribution in [2.24, 2.45) is 4.99 Å². The summed E-state index contributed by atoms with van der Waals surface area (Å²) in [5.41, 5.74) is 0.789. The molecule has 2 aliphatic rings. The zero-order chi connectivity index (χ0) is 30.3. The Hall–Kier alpha value is -3.40. The van der Waals surface area contributed by atoms with Gasteiger partial charge in [-0.2, -0.15) is 13.2 Å². The van der Waals surface area contributed by atoms with Gasteiger partial charge in [0, 0.05) is 76.7 Å². The molecule has 2 amide bonds. The molecule has 0 spiro atoms. The third-order valence-electron chi connectivity index (χ3n) is 6.95. The summed E-state index contributed by atoms with van der Waals surface area (Å²) in [5.74, 6) is -0.296. The second-order valence-electron chi connectivity index (χ2n) is 9.95. The number of nitrogens with one attached hydrogen (secondary N) is 3.